The molecule has 1 aliphatic carbocycles. The fraction of sp³-hybridized carbons (Fsp3) is 0.333. The number of H-pyrrole nitrogens is 1. The number of aromatic nitrogens is 2. The zero-order valence-corrected chi connectivity index (χ0v) is 14.3. The number of benzene rings is 2. The molecule has 2 heterocycles. The van der Waals surface area contributed by atoms with E-state index in [0.717, 1.165) is 36.0 Å². The van der Waals surface area contributed by atoms with Gasteiger partial charge in [-0.3, -0.25) is 4.79 Å². The van der Waals surface area contributed by atoms with Crippen molar-refractivity contribution in [3.8, 4) is 0 Å². The molecule has 1 saturated heterocycles. The molecule has 25 heavy (non-hydrogen) atoms. The number of amides is 1. The van der Waals surface area contributed by atoms with Crippen LogP contribution in [0, 0.1) is 5.92 Å². The number of nitrogens with one attached hydrogen (secondary N) is 1. The maximum atomic E-state index is 13.2. The van der Waals surface area contributed by atoms with Gasteiger partial charge >= 0.3 is 0 Å². The van der Waals surface area contributed by atoms with Gasteiger partial charge in [0.1, 0.15) is 0 Å². The Hall–Kier alpha value is -2.62. The smallest absolute Gasteiger partial charge is 0.254 e. The molecule has 5 rings (SSSR count). The Balaban J connectivity index is 1.49. The topological polar surface area (TPSA) is 49.0 Å². The number of fused-ring (bicyclic) bond motifs is 5. The second kappa shape index (κ2) is 5.45. The molecule has 4 heteroatoms. The van der Waals surface area contributed by atoms with Gasteiger partial charge in [-0.25, -0.2) is 4.98 Å². The van der Waals surface area contributed by atoms with E-state index in [1.807, 2.05) is 18.2 Å². The number of imidazole rings is 1. The first kappa shape index (κ1) is 14.7. The van der Waals surface area contributed by atoms with Crippen molar-refractivity contribution < 1.29 is 4.79 Å². The van der Waals surface area contributed by atoms with E-state index < -0.39 is 0 Å². The van der Waals surface area contributed by atoms with E-state index in [0.29, 0.717) is 17.9 Å². The molecule has 1 aromatic heterocycles. The largest absolute Gasteiger partial charge is 0.345 e. The Labute approximate surface area is 146 Å². The summed E-state index contributed by atoms with van der Waals surface area (Å²) >= 11 is 0. The van der Waals surface area contributed by atoms with E-state index in [4.69, 9.17) is 0 Å². The maximum Gasteiger partial charge on any atom is 0.254 e. The Morgan fingerprint density at radius 1 is 1.24 bits per heavy atom. The number of nitrogens with zero attached hydrogens (tertiary/aromatic N) is 2. The first-order chi connectivity index (χ1) is 12.2. The molecule has 3 atom stereocenters. The molecule has 2 aromatic carbocycles. The highest BCUT2D eigenvalue weighted by atomic mass is 16.2. The van der Waals surface area contributed by atoms with Gasteiger partial charge in [0.15, 0.2) is 0 Å². The summed E-state index contributed by atoms with van der Waals surface area (Å²) in [5, 5.41) is 0. The number of aromatic amines is 1. The van der Waals surface area contributed by atoms with Gasteiger partial charge in [0.05, 0.1) is 17.4 Å². The molecule has 1 fully saturated rings. The zero-order valence-electron chi connectivity index (χ0n) is 14.3. The van der Waals surface area contributed by atoms with Crippen LogP contribution in [-0.2, 0) is 6.42 Å². The Kier molecular flexibility index (Phi) is 3.20. The third-order valence-corrected chi connectivity index (χ3v) is 6.13. The van der Waals surface area contributed by atoms with Crippen molar-refractivity contribution in [1.82, 2.24) is 14.9 Å². The SMILES string of the molecule is C[C@H]1[C@H]2Cc3ccccc3[C@@H]1CCN2C(=O)c1ccc2nc[nH]c2c1. The summed E-state index contributed by atoms with van der Waals surface area (Å²) in [4.78, 5) is 22.7. The molecule has 126 valence electrons. The number of rotatable bonds is 1. The van der Waals surface area contributed by atoms with Crippen LogP contribution in [0.1, 0.15) is 40.7 Å². The van der Waals surface area contributed by atoms with Gasteiger partial charge in [-0.15, -0.1) is 0 Å². The van der Waals surface area contributed by atoms with Crippen molar-refractivity contribution in [3.63, 3.8) is 0 Å². The van der Waals surface area contributed by atoms with Crippen LogP contribution in [0.2, 0.25) is 0 Å². The van der Waals surface area contributed by atoms with Gasteiger partial charge in [0, 0.05) is 18.2 Å². The van der Waals surface area contributed by atoms with E-state index >= 15 is 0 Å². The minimum atomic E-state index is 0.145. The van der Waals surface area contributed by atoms with Crippen LogP contribution < -0.4 is 0 Å². The third-order valence-electron chi connectivity index (χ3n) is 6.13. The molecule has 0 unspecified atom stereocenters. The van der Waals surface area contributed by atoms with Crippen molar-refractivity contribution in [2.24, 2.45) is 5.92 Å². The van der Waals surface area contributed by atoms with Crippen LogP contribution in [0.4, 0.5) is 0 Å². The van der Waals surface area contributed by atoms with Crippen molar-refractivity contribution in [2.45, 2.75) is 31.7 Å². The highest BCUT2D eigenvalue weighted by Crippen LogP contribution is 2.44. The summed E-state index contributed by atoms with van der Waals surface area (Å²) in [6, 6.07) is 14.8. The summed E-state index contributed by atoms with van der Waals surface area (Å²) in [5.41, 5.74) is 5.48. The Morgan fingerprint density at radius 3 is 3.04 bits per heavy atom. The summed E-state index contributed by atoms with van der Waals surface area (Å²) in [5.74, 6) is 1.23. The number of hydrogen-bond donors (Lipinski definition) is 1. The van der Waals surface area contributed by atoms with Crippen LogP contribution >= 0.6 is 0 Å². The lowest BCUT2D eigenvalue weighted by atomic mass is 9.68. The second-order valence-electron chi connectivity index (χ2n) is 7.36. The van der Waals surface area contributed by atoms with Crippen LogP contribution in [0.25, 0.3) is 11.0 Å². The molecule has 1 aliphatic heterocycles. The highest BCUT2D eigenvalue weighted by molar-refractivity contribution is 5.97. The van der Waals surface area contributed by atoms with E-state index in [2.05, 4.69) is 46.1 Å². The maximum absolute atomic E-state index is 13.2. The van der Waals surface area contributed by atoms with Gasteiger partial charge in [0.25, 0.3) is 5.91 Å². The zero-order chi connectivity index (χ0) is 17.0. The van der Waals surface area contributed by atoms with Crippen molar-refractivity contribution in [3.05, 3.63) is 65.5 Å². The Morgan fingerprint density at radius 2 is 2.12 bits per heavy atom. The molecule has 1 N–H and O–H groups in total. The summed E-state index contributed by atoms with van der Waals surface area (Å²) in [6.07, 6.45) is 3.68. The first-order valence-electron chi connectivity index (χ1n) is 9.04. The van der Waals surface area contributed by atoms with Crippen LogP contribution in [0.15, 0.2) is 48.8 Å². The number of carbonyl (C=O) groups excluding carboxylic acids is 1. The lowest BCUT2D eigenvalue weighted by molar-refractivity contribution is 0.0439. The molecule has 0 spiro atoms. The molecule has 0 saturated carbocycles. The van der Waals surface area contributed by atoms with Crippen LogP contribution in [-0.4, -0.2) is 33.4 Å². The van der Waals surface area contributed by atoms with Crippen molar-refractivity contribution in [2.75, 3.05) is 6.54 Å². The number of carbonyl (C=O) groups is 1. The number of hydrogen-bond acceptors (Lipinski definition) is 2. The lowest BCUT2D eigenvalue weighted by Crippen LogP contribution is -2.53. The summed E-state index contributed by atoms with van der Waals surface area (Å²) < 4.78 is 0. The summed E-state index contributed by atoms with van der Waals surface area (Å²) in [7, 11) is 0. The minimum Gasteiger partial charge on any atom is -0.345 e. The fourth-order valence-corrected chi connectivity index (χ4v) is 4.79. The minimum absolute atomic E-state index is 0.145. The highest BCUT2D eigenvalue weighted by Gasteiger charge is 2.42. The summed E-state index contributed by atoms with van der Waals surface area (Å²) in [6.45, 7) is 3.15. The standard InChI is InChI=1S/C21H21N3O/c1-13-16-8-9-24(20(13)11-14-4-2-3-5-17(14)16)21(25)15-6-7-18-19(10-15)23-12-22-18/h2-7,10,12-13,16,20H,8-9,11H2,1H3,(H,22,23)/t13-,16-,20-/m1/s1. The average Bonchev–Trinajstić information content (AvgIpc) is 3.09. The molecule has 2 bridgehead atoms. The van der Waals surface area contributed by atoms with Crippen molar-refractivity contribution in [1.29, 1.82) is 0 Å². The quantitative estimate of drug-likeness (QED) is 0.738. The van der Waals surface area contributed by atoms with E-state index in [1.165, 1.54) is 11.1 Å². The number of likely N-dealkylation sites (tertiary alicyclic amines) is 1. The van der Waals surface area contributed by atoms with E-state index in [-0.39, 0.29) is 5.91 Å². The van der Waals surface area contributed by atoms with Gasteiger partial charge < -0.3 is 9.88 Å². The molecular formula is C21H21N3O. The predicted octanol–water partition coefficient (Wildman–Crippen LogP) is 3.75. The second-order valence-corrected chi connectivity index (χ2v) is 7.36. The van der Waals surface area contributed by atoms with Crippen molar-refractivity contribution >= 4 is 16.9 Å². The monoisotopic (exact) mass is 331 g/mol. The van der Waals surface area contributed by atoms with Gasteiger partial charge in [-0.2, -0.15) is 0 Å². The fourth-order valence-electron chi connectivity index (χ4n) is 4.79. The van der Waals surface area contributed by atoms with Crippen LogP contribution in [0.5, 0.6) is 0 Å². The van der Waals surface area contributed by atoms with Gasteiger partial charge in [0.2, 0.25) is 0 Å². The lowest BCUT2D eigenvalue weighted by Gasteiger charge is -2.48. The molecular weight excluding hydrogens is 310 g/mol. The third kappa shape index (κ3) is 2.20. The van der Waals surface area contributed by atoms with Crippen LogP contribution in [0.3, 0.4) is 0 Å². The molecule has 4 nitrogen and oxygen atoms in total. The van der Waals surface area contributed by atoms with E-state index in [9.17, 15) is 4.79 Å². The Bertz CT molecular complexity index is 960. The first-order valence-corrected chi connectivity index (χ1v) is 9.04. The van der Waals surface area contributed by atoms with Gasteiger partial charge in [-0.1, -0.05) is 31.2 Å². The molecule has 2 aliphatic rings. The number of piperidine rings is 1. The molecule has 3 aromatic rings. The molecule has 0 radical (unpaired) electrons. The predicted molar refractivity (Wildman–Crippen MR) is 97.6 cm³/mol. The normalized spacial score (nSPS) is 25.0. The van der Waals surface area contributed by atoms with E-state index in [1.54, 1.807) is 6.33 Å². The van der Waals surface area contributed by atoms with Gasteiger partial charge in [-0.05, 0) is 54.0 Å². The average molecular weight is 331 g/mol. The molecule has 1 amide bonds.